The van der Waals surface area contributed by atoms with Crippen LogP contribution < -0.4 is 5.73 Å². The van der Waals surface area contributed by atoms with Gasteiger partial charge in [0.1, 0.15) is 5.03 Å². The number of aromatic nitrogens is 2. The average molecular weight is 307 g/mol. The fraction of sp³-hybridized carbons (Fsp3) is 0. The van der Waals surface area contributed by atoms with Gasteiger partial charge in [0.15, 0.2) is 0 Å². The molecule has 0 aliphatic carbocycles. The smallest absolute Gasteiger partial charge is 0.223 e. The zero-order valence-corrected chi connectivity index (χ0v) is 11.4. The van der Waals surface area contributed by atoms with Crippen molar-refractivity contribution in [2.24, 2.45) is 0 Å². The number of benzene rings is 1. The summed E-state index contributed by atoms with van der Waals surface area (Å²) < 4.78 is 0. The molecular weight excluding hydrogens is 301 g/mol. The molecule has 0 unspecified atom stereocenters. The molecule has 0 atom stereocenters. The summed E-state index contributed by atoms with van der Waals surface area (Å²) in [5.74, 6) is 0. The topological polar surface area (TPSA) is 51.8 Å². The van der Waals surface area contributed by atoms with Gasteiger partial charge in [0, 0.05) is 9.92 Å². The summed E-state index contributed by atoms with van der Waals surface area (Å²) >= 11 is 18.9. The number of halogens is 3. The largest absolute Gasteiger partial charge is 0.395 e. The average Bonchev–Trinajstić information content (AvgIpc) is 2.28. The first kappa shape index (κ1) is 12.8. The minimum atomic E-state index is 0.139. The molecule has 0 fully saturated rings. The fourth-order valence-electron chi connectivity index (χ4n) is 1.10. The Hall–Kier alpha value is -0.680. The van der Waals surface area contributed by atoms with Gasteiger partial charge in [-0.1, -0.05) is 35.0 Å². The van der Waals surface area contributed by atoms with E-state index in [1.807, 2.05) is 0 Å². The van der Waals surface area contributed by atoms with Crippen LogP contribution in [0.5, 0.6) is 0 Å². The second-order valence-electron chi connectivity index (χ2n) is 3.08. The normalized spacial score (nSPS) is 10.5. The van der Waals surface area contributed by atoms with E-state index in [0.717, 1.165) is 4.90 Å². The van der Waals surface area contributed by atoms with Crippen molar-refractivity contribution in [3.63, 3.8) is 0 Å². The van der Waals surface area contributed by atoms with Gasteiger partial charge >= 0.3 is 0 Å². The predicted octanol–water partition coefficient (Wildman–Crippen LogP) is 4.17. The summed E-state index contributed by atoms with van der Waals surface area (Å²) in [5.41, 5.74) is 6.19. The van der Waals surface area contributed by atoms with E-state index in [-0.39, 0.29) is 5.28 Å². The van der Waals surface area contributed by atoms with E-state index >= 15 is 0 Å². The maximum Gasteiger partial charge on any atom is 0.223 e. The third-order valence-corrected chi connectivity index (χ3v) is 3.79. The van der Waals surface area contributed by atoms with Gasteiger partial charge in [0.05, 0.1) is 16.9 Å². The highest BCUT2D eigenvalue weighted by Crippen LogP contribution is 2.36. The van der Waals surface area contributed by atoms with E-state index in [1.54, 1.807) is 18.2 Å². The SMILES string of the molecule is Nc1cnc(Cl)nc1Sc1cc(Cl)ccc1Cl. The molecular formula is C10H6Cl3N3S. The van der Waals surface area contributed by atoms with E-state index in [0.29, 0.717) is 20.8 Å². The summed E-state index contributed by atoms with van der Waals surface area (Å²) in [6, 6.07) is 5.17. The molecule has 2 aromatic rings. The molecule has 1 aromatic heterocycles. The summed E-state index contributed by atoms with van der Waals surface area (Å²) in [6.45, 7) is 0. The summed E-state index contributed by atoms with van der Waals surface area (Å²) in [4.78, 5) is 8.57. The van der Waals surface area contributed by atoms with E-state index in [1.165, 1.54) is 18.0 Å². The van der Waals surface area contributed by atoms with Crippen LogP contribution in [0.25, 0.3) is 0 Å². The number of nitrogens with two attached hydrogens (primary N) is 1. The lowest BCUT2D eigenvalue weighted by atomic mass is 10.4. The molecule has 0 amide bonds. The van der Waals surface area contributed by atoms with Gasteiger partial charge in [0.25, 0.3) is 0 Å². The number of nitrogens with zero attached hydrogens (tertiary/aromatic N) is 2. The van der Waals surface area contributed by atoms with E-state index in [9.17, 15) is 0 Å². The highest BCUT2D eigenvalue weighted by molar-refractivity contribution is 7.99. The Kier molecular flexibility index (Phi) is 3.99. The monoisotopic (exact) mass is 305 g/mol. The molecule has 0 saturated carbocycles. The van der Waals surface area contributed by atoms with Crippen molar-refractivity contribution < 1.29 is 0 Å². The van der Waals surface area contributed by atoms with Gasteiger partial charge < -0.3 is 5.73 Å². The van der Waals surface area contributed by atoms with Crippen molar-refractivity contribution in [2.45, 2.75) is 9.92 Å². The second kappa shape index (κ2) is 5.31. The number of hydrogen-bond acceptors (Lipinski definition) is 4. The van der Waals surface area contributed by atoms with Gasteiger partial charge in [-0.05, 0) is 29.8 Å². The van der Waals surface area contributed by atoms with Crippen LogP contribution in [0.3, 0.4) is 0 Å². The van der Waals surface area contributed by atoms with Crippen LogP contribution in [-0.2, 0) is 0 Å². The number of nitrogen functional groups attached to an aromatic ring is 1. The molecule has 1 aromatic carbocycles. The number of hydrogen-bond donors (Lipinski definition) is 1. The van der Waals surface area contributed by atoms with Crippen molar-refractivity contribution in [2.75, 3.05) is 5.73 Å². The lowest BCUT2D eigenvalue weighted by Crippen LogP contribution is -1.94. The third-order valence-electron chi connectivity index (χ3n) is 1.85. The molecule has 2 rings (SSSR count). The van der Waals surface area contributed by atoms with Gasteiger partial charge in [-0.25, -0.2) is 9.97 Å². The molecule has 1 heterocycles. The zero-order chi connectivity index (χ0) is 12.4. The van der Waals surface area contributed by atoms with Crippen molar-refractivity contribution >= 4 is 52.3 Å². The molecule has 0 saturated heterocycles. The van der Waals surface area contributed by atoms with Gasteiger partial charge in [-0.15, -0.1) is 0 Å². The third kappa shape index (κ3) is 3.16. The minimum Gasteiger partial charge on any atom is -0.395 e. The maximum atomic E-state index is 6.04. The van der Waals surface area contributed by atoms with Crippen LogP contribution in [-0.4, -0.2) is 9.97 Å². The molecule has 17 heavy (non-hydrogen) atoms. The summed E-state index contributed by atoms with van der Waals surface area (Å²) in [7, 11) is 0. The van der Waals surface area contributed by atoms with Crippen molar-refractivity contribution in [1.82, 2.24) is 9.97 Å². The molecule has 0 bridgehead atoms. The minimum absolute atomic E-state index is 0.139. The van der Waals surface area contributed by atoms with Gasteiger partial charge in [-0.3, -0.25) is 0 Å². The van der Waals surface area contributed by atoms with E-state index in [2.05, 4.69) is 9.97 Å². The molecule has 0 aliphatic rings. The van der Waals surface area contributed by atoms with E-state index < -0.39 is 0 Å². The Bertz CT molecular complexity index is 513. The maximum absolute atomic E-state index is 6.04. The molecule has 0 spiro atoms. The first-order valence-corrected chi connectivity index (χ1v) is 6.42. The summed E-state index contributed by atoms with van der Waals surface area (Å²) in [6.07, 6.45) is 1.45. The van der Waals surface area contributed by atoms with Crippen molar-refractivity contribution in [3.05, 3.63) is 39.7 Å². The van der Waals surface area contributed by atoms with E-state index in [4.69, 9.17) is 40.5 Å². The quantitative estimate of drug-likeness (QED) is 0.668. The molecule has 2 N–H and O–H groups in total. The van der Waals surface area contributed by atoms with Crippen LogP contribution in [0.2, 0.25) is 15.3 Å². The molecule has 3 nitrogen and oxygen atoms in total. The molecule has 0 radical (unpaired) electrons. The number of anilines is 1. The lowest BCUT2D eigenvalue weighted by Gasteiger charge is -2.06. The Morgan fingerprint density at radius 3 is 2.71 bits per heavy atom. The van der Waals surface area contributed by atoms with Crippen LogP contribution in [0.4, 0.5) is 5.69 Å². The fourth-order valence-corrected chi connectivity index (χ4v) is 2.61. The predicted molar refractivity (Wildman–Crippen MR) is 72.0 cm³/mol. The van der Waals surface area contributed by atoms with Crippen LogP contribution in [0.15, 0.2) is 34.3 Å². The highest BCUT2D eigenvalue weighted by Gasteiger charge is 2.09. The molecule has 88 valence electrons. The first-order chi connectivity index (χ1) is 8.06. The molecule has 0 aliphatic heterocycles. The van der Waals surface area contributed by atoms with Gasteiger partial charge in [-0.2, -0.15) is 0 Å². The van der Waals surface area contributed by atoms with Gasteiger partial charge in [0.2, 0.25) is 5.28 Å². The van der Waals surface area contributed by atoms with Crippen molar-refractivity contribution in [3.8, 4) is 0 Å². The second-order valence-corrected chi connectivity index (χ2v) is 5.29. The van der Waals surface area contributed by atoms with Crippen LogP contribution >= 0.6 is 46.6 Å². The number of rotatable bonds is 2. The Morgan fingerprint density at radius 2 is 1.94 bits per heavy atom. The Labute approximate surface area is 117 Å². The standard InChI is InChI=1S/C10H6Cl3N3S/c11-5-1-2-6(12)8(3-5)17-9-7(14)4-15-10(13)16-9/h1-4H,14H2. The highest BCUT2D eigenvalue weighted by atomic mass is 35.5. The Morgan fingerprint density at radius 1 is 1.18 bits per heavy atom. The summed E-state index contributed by atoms with van der Waals surface area (Å²) in [5, 5.41) is 1.86. The Balaban J connectivity index is 2.37. The van der Waals surface area contributed by atoms with Crippen LogP contribution in [0, 0.1) is 0 Å². The van der Waals surface area contributed by atoms with Crippen molar-refractivity contribution in [1.29, 1.82) is 0 Å². The zero-order valence-electron chi connectivity index (χ0n) is 8.32. The molecule has 7 heteroatoms. The lowest BCUT2D eigenvalue weighted by molar-refractivity contribution is 1.06. The first-order valence-electron chi connectivity index (χ1n) is 4.47. The van der Waals surface area contributed by atoms with Crippen LogP contribution in [0.1, 0.15) is 0 Å².